The molecule has 1 aromatic heterocycles. The van der Waals surface area contributed by atoms with Crippen LogP contribution in [0.25, 0.3) is 16.8 Å². The number of aromatic amines is 1. The fourth-order valence-corrected chi connectivity index (χ4v) is 2.82. The van der Waals surface area contributed by atoms with Gasteiger partial charge in [-0.05, 0) is 23.3 Å². The van der Waals surface area contributed by atoms with Crippen molar-refractivity contribution in [2.45, 2.75) is 6.42 Å². The molecule has 0 atom stereocenters. The van der Waals surface area contributed by atoms with E-state index in [9.17, 15) is 4.79 Å². The molecule has 1 aliphatic heterocycles. The molecule has 1 N–H and O–H groups in total. The number of rotatable bonds is 2. The summed E-state index contributed by atoms with van der Waals surface area (Å²) >= 11 is 0. The number of ketones is 1. The predicted octanol–water partition coefficient (Wildman–Crippen LogP) is 2.20. The lowest BCUT2D eigenvalue weighted by Gasteiger charge is -2.03. The van der Waals surface area contributed by atoms with Crippen LogP contribution in [-0.2, 0) is 0 Å². The molecule has 0 fully saturated rings. The van der Waals surface area contributed by atoms with Crippen LogP contribution < -0.4 is 10.7 Å². The van der Waals surface area contributed by atoms with Gasteiger partial charge in [-0.2, -0.15) is 0 Å². The van der Waals surface area contributed by atoms with Gasteiger partial charge in [0, 0.05) is 29.1 Å². The minimum absolute atomic E-state index is 0.0478. The Morgan fingerprint density at radius 3 is 2.86 bits per heavy atom. The molecule has 0 amide bonds. The van der Waals surface area contributed by atoms with E-state index in [-0.39, 0.29) is 5.78 Å². The smallest absolute Gasteiger partial charge is 0.195 e. The van der Waals surface area contributed by atoms with Crippen molar-refractivity contribution < 1.29 is 4.79 Å². The van der Waals surface area contributed by atoms with Gasteiger partial charge < -0.3 is 4.98 Å². The van der Waals surface area contributed by atoms with Crippen LogP contribution in [-0.4, -0.2) is 17.3 Å². The summed E-state index contributed by atoms with van der Waals surface area (Å²) in [4.78, 5) is 20.2. The molecule has 3 nitrogen and oxygen atoms in total. The van der Waals surface area contributed by atoms with E-state index in [4.69, 9.17) is 0 Å². The van der Waals surface area contributed by atoms with Crippen molar-refractivity contribution in [3.63, 3.8) is 0 Å². The number of aromatic nitrogens is 1. The molecule has 2 heterocycles. The standard InChI is InChI=1S/C18H14N2O/c21-17(16-11-20-18-15(16)6-3-9-19-18)14-8-7-12-4-1-2-5-13(12)10-14/h1-2,4-8,10-11H,3,9H2,(H,19,20). The molecule has 0 unspecified atom stereocenters. The third-order valence-electron chi connectivity index (χ3n) is 3.90. The van der Waals surface area contributed by atoms with Gasteiger partial charge in [-0.15, -0.1) is 0 Å². The van der Waals surface area contributed by atoms with Crippen molar-refractivity contribution in [2.75, 3.05) is 6.54 Å². The van der Waals surface area contributed by atoms with Crippen LogP contribution in [0, 0.1) is 0 Å². The average Bonchev–Trinajstić information content (AvgIpc) is 2.98. The van der Waals surface area contributed by atoms with E-state index in [1.54, 1.807) is 6.20 Å². The maximum atomic E-state index is 12.7. The first-order valence-electron chi connectivity index (χ1n) is 7.08. The molecule has 2 aromatic carbocycles. The van der Waals surface area contributed by atoms with Crippen molar-refractivity contribution in [3.05, 3.63) is 70.5 Å². The van der Waals surface area contributed by atoms with Gasteiger partial charge in [-0.1, -0.05) is 42.5 Å². The molecule has 0 aliphatic carbocycles. The molecule has 0 bridgehead atoms. The summed E-state index contributed by atoms with van der Waals surface area (Å²) in [6.45, 7) is 0.789. The maximum absolute atomic E-state index is 12.7. The quantitative estimate of drug-likeness (QED) is 0.715. The molecule has 0 saturated carbocycles. The summed E-state index contributed by atoms with van der Waals surface area (Å²) in [5, 5.41) is 3.17. The van der Waals surface area contributed by atoms with Gasteiger partial charge in [0.1, 0.15) is 5.49 Å². The highest BCUT2D eigenvalue weighted by atomic mass is 16.1. The van der Waals surface area contributed by atoms with Crippen molar-refractivity contribution in [2.24, 2.45) is 4.99 Å². The second-order valence-electron chi connectivity index (χ2n) is 5.23. The molecule has 3 heteroatoms. The fraction of sp³-hybridized carbons (Fsp3) is 0.111. The van der Waals surface area contributed by atoms with Crippen molar-refractivity contribution in [1.29, 1.82) is 0 Å². The summed E-state index contributed by atoms with van der Waals surface area (Å²) in [6.07, 6.45) is 4.75. The Balaban J connectivity index is 1.85. The highest BCUT2D eigenvalue weighted by Crippen LogP contribution is 2.17. The number of hydrogen-bond acceptors (Lipinski definition) is 2. The molecular weight excluding hydrogens is 260 g/mol. The van der Waals surface area contributed by atoms with Gasteiger partial charge in [-0.25, -0.2) is 0 Å². The van der Waals surface area contributed by atoms with Crippen molar-refractivity contribution in [3.8, 4) is 0 Å². The van der Waals surface area contributed by atoms with Gasteiger partial charge >= 0.3 is 0 Å². The number of carbonyl (C=O) groups excluding carboxylic acids is 1. The Hall–Kier alpha value is -2.68. The van der Waals surface area contributed by atoms with E-state index in [1.807, 2.05) is 36.4 Å². The molecule has 21 heavy (non-hydrogen) atoms. The minimum atomic E-state index is 0.0478. The third-order valence-corrected chi connectivity index (χ3v) is 3.90. The first-order chi connectivity index (χ1) is 10.3. The highest BCUT2D eigenvalue weighted by Gasteiger charge is 2.14. The average molecular weight is 274 g/mol. The zero-order valence-electron chi connectivity index (χ0n) is 11.5. The van der Waals surface area contributed by atoms with Crippen LogP contribution in [0.5, 0.6) is 0 Å². The number of nitrogens with zero attached hydrogens (tertiary/aromatic N) is 1. The van der Waals surface area contributed by atoms with E-state index < -0.39 is 0 Å². The Morgan fingerprint density at radius 1 is 1.10 bits per heavy atom. The number of nitrogens with one attached hydrogen (secondary N) is 1. The monoisotopic (exact) mass is 274 g/mol. The maximum Gasteiger partial charge on any atom is 0.195 e. The number of carbonyl (C=O) groups is 1. The number of benzene rings is 2. The molecule has 102 valence electrons. The summed E-state index contributed by atoms with van der Waals surface area (Å²) in [7, 11) is 0. The van der Waals surface area contributed by atoms with Crippen LogP contribution in [0.4, 0.5) is 0 Å². The Bertz CT molecular complexity index is 966. The molecule has 0 radical (unpaired) electrons. The summed E-state index contributed by atoms with van der Waals surface area (Å²) in [5.74, 6) is 0.0478. The zero-order valence-corrected chi connectivity index (χ0v) is 11.5. The van der Waals surface area contributed by atoms with Gasteiger partial charge in [0.15, 0.2) is 5.78 Å². The summed E-state index contributed by atoms with van der Waals surface area (Å²) < 4.78 is 0. The number of H-pyrrole nitrogens is 1. The van der Waals surface area contributed by atoms with E-state index in [0.29, 0.717) is 5.56 Å². The van der Waals surface area contributed by atoms with Crippen LogP contribution in [0.1, 0.15) is 22.3 Å². The lowest BCUT2D eigenvalue weighted by molar-refractivity contribution is 0.103. The zero-order chi connectivity index (χ0) is 14.2. The second-order valence-corrected chi connectivity index (χ2v) is 5.23. The SMILES string of the molecule is O=C(c1ccc2ccccc2c1)c1c[nH]c2c1=CCCN=2. The molecular formula is C18H14N2O. The van der Waals surface area contributed by atoms with Crippen molar-refractivity contribution in [1.82, 2.24) is 4.98 Å². The Labute approximate surface area is 121 Å². The lowest BCUT2D eigenvalue weighted by Crippen LogP contribution is -2.30. The largest absolute Gasteiger partial charge is 0.346 e. The Kier molecular flexibility index (Phi) is 2.71. The minimum Gasteiger partial charge on any atom is -0.346 e. The van der Waals surface area contributed by atoms with E-state index in [1.165, 1.54) is 0 Å². The fourth-order valence-electron chi connectivity index (χ4n) is 2.82. The normalized spacial score (nSPS) is 13.3. The van der Waals surface area contributed by atoms with Crippen LogP contribution in [0.3, 0.4) is 0 Å². The third kappa shape index (κ3) is 1.98. The number of hydrogen-bond donors (Lipinski definition) is 1. The molecule has 1 aliphatic rings. The predicted molar refractivity (Wildman–Crippen MR) is 82.9 cm³/mol. The van der Waals surface area contributed by atoms with E-state index in [2.05, 4.69) is 22.1 Å². The van der Waals surface area contributed by atoms with Gasteiger partial charge in [0.25, 0.3) is 0 Å². The van der Waals surface area contributed by atoms with Gasteiger partial charge in [-0.3, -0.25) is 9.79 Å². The summed E-state index contributed by atoms with van der Waals surface area (Å²) in [6, 6.07) is 13.9. The van der Waals surface area contributed by atoms with Crippen LogP contribution in [0.2, 0.25) is 0 Å². The molecule has 4 rings (SSSR count). The first kappa shape index (κ1) is 12.1. The van der Waals surface area contributed by atoms with Gasteiger partial charge in [0.05, 0.1) is 0 Å². The number of fused-ring (bicyclic) bond motifs is 2. The molecule has 0 spiro atoms. The van der Waals surface area contributed by atoms with Crippen molar-refractivity contribution >= 4 is 22.6 Å². The highest BCUT2D eigenvalue weighted by molar-refractivity contribution is 6.10. The topological polar surface area (TPSA) is 45.2 Å². The summed E-state index contributed by atoms with van der Waals surface area (Å²) in [5.41, 5.74) is 2.25. The van der Waals surface area contributed by atoms with E-state index in [0.717, 1.165) is 40.0 Å². The Morgan fingerprint density at radius 2 is 1.95 bits per heavy atom. The lowest BCUT2D eigenvalue weighted by atomic mass is 10.0. The molecule has 3 aromatic rings. The van der Waals surface area contributed by atoms with E-state index >= 15 is 0 Å². The van der Waals surface area contributed by atoms with Crippen LogP contribution >= 0.6 is 0 Å². The second kappa shape index (κ2) is 4.70. The van der Waals surface area contributed by atoms with Gasteiger partial charge in [0.2, 0.25) is 0 Å². The van der Waals surface area contributed by atoms with Crippen LogP contribution in [0.15, 0.2) is 53.7 Å². The first-order valence-corrected chi connectivity index (χ1v) is 7.08. The molecule has 0 saturated heterocycles.